The lowest BCUT2D eigenvalue weighted by molar-refractivity contribution is 0.560. The third-order valence-electron chi connectivity index (χ3n) is 2.33. The Morgan fingerprint density at radius 1 is 1.44 bits per heavy atom. The molecule has 0 saturated carbocycles. The van der Waals surface area contributed by atoms with Crippen molar-refractivity contribution in [3.8, 4) is 0 Å². The van der Waals surface area contributed by atoms with Gasteiger partial charge in [0.1, 0.15) is 5.01 Å². The van der Waals surface area contributed by atoms with Gasteiger partial charge in [0, 0.05) is 29.7 Å². The first kappa shape index (κ1) is 11.4. The van der Waals surface area contributed by atoms with Crippen LogP contribution in [0.1, 0.15) is 35.2 Å². The molecule has 4 heteroatoms. The van der Waals surface area contributed by atoms with Gasteiger partial charge in [-0.15, -0.1) is 11.3 Å². The van der Waals surface area contributed by atoms with E-state index in [2.05, 4.69) is 24.1 Å². The van der Waals surface area contributed by atoms with Crippen LogP contribution in [-0.4, -0.2) is 4.98 Å². The zero-order valence-electron chi connectivity index (χ0n) is 9.56. The monoisotopic (exact) mass is 236 g/mol. The van der Waals surface area contributed by atoms with Gasteiger partial charge in [0.15, 0.2) is 0 Å². The van der Waals surface area contributed by atoms with Crippen molar-refractivity contribution in [1.82, 2.24) is 10.3 Å². The number of furan rings is 1. The molecule has 2 aromatic heterocycles. The molecule has 0 aromatic carbocycles. The number of hydrogen-bond donors (Lipinski definition) is 1. The first-order valence-corrected chi connectivity index (χ1v) is 6.23. The fraction of sp³-hybridized carbons (Fsp3) is 0.417. The molecular weight excluding hydrogens is 220 g/mol. The van der Waals surface area contributed by atoms with E-state index in [4.69, 9.17) is 4.42 Å². The van der Waals surface area contributed by atoms with Gasteiger partial charge in [0.05, 0.1) is 12.5 Å². The lowest BCUT2D eigenvalue weighted by atomic mass is 10.2. The molecule has 1 N–H and O–H groups in total. The topological polar surface area (TPSA) is 38.1 Å². The van der Waals surface area contributed by atoms with E-state index in [9.17, 15) is 0 Å². The highest BCUT2D eigenvalue weighted by Gasteiger charge is 2.05. The van der Waals surface area contributed by atoms with Gasteiger partial charge in [-0.1, -0.05) is 13.8 Å². The summed E-state index contributed by atoms with van der Waals surface area (Å²) in [6.07, 6.45) is 5.43. The average Bonchev–Trinajstić information content (AvgIpc) is 2.87. The van der Waals surface area contributed by atoms with Crippen LogP contribution in [0.25, 0.3) is 0 Å². The lowest BCUT2D eigenvalue weighted by Crippen LogP contribution is -2.11. The summed E-state index contributed by atoms with van der Waals surface area (Å²) in [5.74, 6) is 0.570. The van der Waals surface area contributed by atoms with Gasteiger partial charge in [0.2, 0.25) is 0 Å². The second-order valence-electron chi connectivity index (χ2n) is 4.05. The van der Waals surface area contributed by atoms with Crippen LogP contribution in [-0.2, 0) is 13.1 Å². The highest BCUT2D eigenvalue weighted by Crippen LogP contribution is 2.21. The molecule has 0 saturated heterocycles. The molecule has 2 rings (SSSR count). The molecule has 0 aliphatic carbocycles. The number of aromatic nitrogens is 1. The van der Waals surface area contributed by atoms with Crippen molar-refractivity contribution in [1.29, 1.82) is 0 Å². The van der Waals surface area contributed by atoms with Crippen LogP contribution in [0.2, 0.25) is 0 Å². The van der Waals surface area contributed by atoms with Crippen molar-refractivity contribution in [3.63, 3.8) is 0 Å². The molecule has 0 spiro atoms. The van der Waals surface area contributed by atoms with E-state index in [1.54, 1.807) is 23.9 Å². The van der Waals surface area contributed by atoms with E-state index < -0.39 is 0 Å². The van der Waals surface area contributed by atoms with Crippen molar-refractivity contribution in [3.05, 3.63) is 40.2 Å². The zero-order valence-corrected chi connectivity index (χ0v) is 10.4. The van der Waals surface area contributed by atoms with Crippen molar-refractivity contribution in [2.45, 2.75) is 32.9 Å². The van der Waals surface area contributed by atoms with Crippen LogP contribution < -0.4 is 5.32 Å². The Morgan fingerprint density at radius 2 is 2.31 bits per heavy atom. The minimum atomic E-state index is 0.570. The molecule has 0 unspecified atom stereocenters. The predicted octanol–water partition coefficient (Wildman–Crippen LogP) is 3.15. The maximum absolute atomic E-state index is 5.00. The molecular formula is C12H16N2OS. The zero-order chi connectivity index (χ0) is 11.4. The molecule has 0 atom stereocenters. The molecule has 0 amide bonds. The van der Waals surface area contributed by atoms with Gasteiger partial charge < -0.3 is 9.73 Å². The molecule has 2 aromatic rings. The van der Waals surface area contributed by atoms with Gasteiger partial charge in [-0.05, 0) is 12.0 Å². The lowest BCUT2D eigenvalue weighted by Gasteiger charge is -1.99. The second kappa shape index (κ2) is 5.27. The molecule has 3 nitrogen and oxygen atoms in total. The molecule has 0 radical (unpaired) electrons. The average molecular weight is 236 g/mol. The Bertz CT molecular complexity index is 420. The van der Waals surface area contributed by atoms with Crippen molar-refractivity contribution in [2.24, 2.45) is 0 Å². The maximum atomic E-state index is 5.00. The molecule has 0 aliphatic heterocycles. The summed E-state index contributed by atoms with van der Waals surface area (Å²) in [6, 6.07) is 1.97. The number of nitrogens with zero attached hydrogens (tertiary/aromatic N) is 1. The summed E-state index contributed by atoms with van der Waals surface area (Å²) >= 11 is 1.78. The van der Waals surface area contributed by atoms with Gasteiger partial charge in [0.25, 0.3) is 0 Å². The summed E-state index contributed by atoms with van der Waals surface area (Å²) in [4.78, 5) is 5.74. The normalized spacial score (nSPS) is 11.2. The summed E-state index contributed by atoms with van der Waals surface area (Å²) < 4.78 is 5.00. The van der Waals surface area contributed by atoms with Crippen LogP contribution in [0.5, 0.6) is 0 Å². The van der Waals surface area contributed by atoms with Gasteiger partial charge in [-0.25, -0.2) is 4.98 Å². The molecule has 0 aliphatic rings. The van der Waals surface area contributed by atoms with E-state index in [0.717, 1.165) is 18.1 Å². The fourth-order valence-corrected chi connectivity index (χ4v) is 2.27. The fourth-order valence-electron chi connectivity index (χ4n) is 1.38. The van der Waals surface area contributed by atoms with E-state index in [1.165, 1.54) is 10.4 Å². The summed E-state index contributed by atoms with van der Waals surface area (Å²) in [5, 5.41) is 4.49. The summed E-state index contributed by atoms with van der Waals surface area (Å²) in [7, 11) is 0. The smallest absolute Gasteiger partial charge is 0.107 e. The minimum Gasteiger partial charge on any atom is -0.472 e. The van der Waals surface area contributed by atoms with Gasteiger partial charge in [-0.3, -0.25) is 0 Å². The Morgan fingerprint density at radius 3 is 2.94 bits per heavy atom. The molecule has 16 heavy (non-hydrogen) atoms. The van der Waals surface area contributed by atoms with Crippen LogP contribution in [0, 0.1) is 0 Å². The molecule has 0 bridgehead atoms. The van der Waals surface area contributed by atoms with Crippen LogP contribution in [0.15, 0.2) is 29.2 Å². The highest BCUT2D eigenvalue weighted by atomic mass is 32.1. The predicted molar refractivity (Wildman–Crippen MR) is 65.5 cm³/mol. The highest BCUT2D eigenvalue weighted by molar-refractivity contribution is 7.11. The third kappa shape index (κ3) is 2.93. The van der Waals surface area contributed by atoms with Gasteiger partial charge >= 0.3 is 0 Å². The summed E-state index contributed by atoms with van der Waals surface area (Å²) in [5.41, 5.74) is 1.17. The SMILES string of the molecule is CC(C)c1cnc(CNCc2ccoc2)s1. The van der Waals surface area contributed by atoms with Crippen molar-refractivity contribution < 1.29 is 4.42 Å². The molecule has 0 fully saturated rings. The Balaban J connectivity index is 1.81. The van der Waals surface area contributed by atoms with E-state index >= 15 is 0 Å². The minimum absolute atomic E-state index is 0.570. The first-order chi connectivity index (χ1) is 7.75. The quantitative estimate of drug-likeness (QED) is 0.866. The number of thiazole rings is 1. The first-order valence-electron chi connectivity index (χ1n) is 5.42. The molecule has 2 heterocycles. The third-order valence-corrected chi connectivity index (χ3v) is 3.62. The number of hydrogen-bond acceptors (Lipinski definition) is 4. The summed E-state index contributed by atoms with van der Waals surface area (Å²) in [6.45, 7) is 6.03. The largest absolute Gasteiger partial charge is 0.472 e. The van der Waals surface area contributed by atoms with E-state index in [0.29, 0.717) is 5.92 Å². The second-order valence-corrected chi connectivity index (χ2v) is 5.19. The number of rotatable bonds is 5. The standard InChI is InChI=1S/C12H16N2OS/c1-9(2)11-6-14-12(16-11)7-13-5-10-3-4-15-8-10/h3-4,6,8-9,13H,5,7H2,1-2H3. The van der Waals surface area contributed by atoms with Gasteiger partial charge in [-0.2, -0.15) is 0 Å². The Kier molecular flexibility index (Phi) is 3.74. The van der Waals surface area contributed by atoms with Crippen LogP contribution in [0.3, 0.4) is 0 Å². The van der Waals surface area contributed by atoms with Crippen LogP contribution >= 0.6 is 11.3 Å². The number of nitrogens with one attached hydrogen (secondary N) is 1. The van der Waals surface area contributed by atoms with Crippen molar-refractivity contribution in [2.75, 3.05) is 0 Å². The Hall–Kier alpha value is -1.13. The Labute approximate surface area is 99.5 Å². The van der Waals surface area contributed by atoms with Crippen molar-refractivity contribution >= 4 is 11.3 Å². The maximum Gasteiger partial charge on any atom is 0.107 e. The van der Waals surface area contributed by atoms with Crippen LogP contribution in [0.4, 0.5) is 0 Å². The molecule has 86 valence electrons. The van der Waals surface area contributed by atoms with E-state index in [-0.39, 0.29) is 0 Å². The van der Waals surface area contributed by atoms with E-state index in [1.807, 2.05) is 12.3 Å².